The summed E-state index contributed by atoms with van der Waals surface area (Å²) in [5.74, 6) is 1.85. The topological polar surface area (TPSA) is 56.2 Å². The Bertz CT molecular complexity index is 4920. The van der Waals surface area contributed by atoms with Gasteiger partial charge in [0.05, 0.1) is 21.9 Å². The van der Waals surface area contributed by atoms with Crippen LogP contribution >= 0.6 is 11.3 Å². The van der Waals surface area contributed by atoms with Crippen molar-refractivity contribution in [1.29, 1.82) is 0 Å². The standard InChI is InChI=1S/C67H38N4OS/c1-2-18-45-39(14-1)15-12-24-46(45)40-30-32-41(33-31-40)65-68-66(44-34-35-51-50-22-7-10-29-59(50)73-60(51)37-44)70-67(69-65)53-23-4-3-19-47(53)42-16-11-17-43(36-42)54-38-55-49-21-6-9-27-57(49)71-56-26-8-5-20-48(56)52-25-13-28-58-61(52)62(63(55)71)64(54)72-58/h1-38H. The van der Waals surface area contributed by atoms with Crippen LogP contribution in [0.4, 0.5) is 0 Å². The van der Waals surface area contributed by atoms with Crippen molar-refractivity contribution in [2.24, 2.45) is 0 Å². The number of para-hydroxylation sites is 2. The number of fused-ring (bicyclic) bond motifs is 10. The zero-order chi connectivity index (χ0) is 47.7. The lowest BCUT2D eigenvalue weighted by Crippen LogP contribution is -2.01. The van der Waals surface area contributed by atoms with Crippen LogP contribution in [0.2, 0.25) is 0 Å². The minimum Gasteiger partial charge on any atom is -0.455 e. The summed E-state index contributed by atoms with van der Waals surface area (Å²) in [5.41, 5.74) is 14.6. The Morgan fingerprint density at radius 3 is 1.74 bits per heavy atom. The molecule has 0 spiro atoms. The largest absolute Gasteiger partial charge is 0.455 e. The zero-order valence-corrected chi connectivity index (χ0v) is 39.9. The Kier molecular flexibility index (Phi) is 8.55. The molecule has 0 aliphatic carbocycles. The maximum atomic E-state index is 7.03. The number of rotatable bonds is 6. The third-order valence-electron chi connectivity index (χ3n) is 15.0. The maximum Gasteiger partial charge on any atom is 0.164 e. The van der Waals surface area contributed by atoms with Crippen molar-refractivity contribution in [1.82, 2.24) is 19.4 Å². The van der Waals surface area contributed by atoms with Crippen LogP contribution in [0.1, 0.15) is 0 Å². The minimum atomic E-state index is 0.606. The lowest BCUT2D eigenvalue weighted by molar-refractivity contribution is 0.670. The summed E-state index contributed by atoms with van der Waals surface area (Å²) in [6, 6.07) is 82.6. The first-order valence-electron chi connectivity index (χ1n) is 24.7. The van der Waals surface area contributed by atoms with E-state index < -0.39 is 0 Å². The molecule has 0 atom stereocenters. The Hall–Kier alpha value is -9.49. The quantitative estimate of drug-likeness (QED) is 0.167. The monoisotopic (exact) mass is 946 g/mol. The highest BCUT2D eigenvalue weighted by molar-refractivity contribution is 7.25. The zero-order valence-electron chi connectivity index (χ0n) is 39.0. The summed E-state index contributed by atoms with van der Waals surface area (Å²) < 4.78 is 11.9. The van der Waals surface area contributed by atoms with Crippen molar-refractivity contribution in [3.05, 3.63) is 231 Å². The summed E-state index contributed by atoms with van der Waals surface area (Å²) in [7, 11) is 0. The van der Waals surface area contributed by atoms with Gasteiger partial charge in [0.15, 0.2) is 17.5 Å². The van der Waals surface area contributed by atoms with E-state index in [0.29, 0.717) is 17.5 Å². The number of aromatic nitrogens is 4. The van der Waals surface area contributed by atoms with Gasteiger partial charge in [-0.3, -0.25) is 0 Å². The molecule has 0 N–H and O–H groups in total. The molecule has 0 aliphatic rings. The fourth-order valence-corrected chi connectivity index (χ4v) is 12.8. The third-order valence-corrected chi connectivity index (χ3v) is 16.1. The molecule has 0 unspecified atom stereocenters. The second-order valence-corrected chi connectivity index (χ2v) is 20.1. The van der Waals surface area contributed by atoms with Gasteiger partial charge in [0, 0.05) is 64.0 Å². The van der Waals surface area contributed by atoms with Gasteiger partial charge < -0.3 is 8.82 Å². The van der Waals surface area contributed by atoms with Crippen molar-refractivity contribution in [2.45, 2.75) is 0 Å². The average molecular weight is 947 g/mol. The molecule has 6 heteroatoms. The Labute approximate surface area is 421 Å². The number of hydrogen-bond donors (Lipinski definition) is 0. The summed E-state index contributed by atoms with van der Waals surface area (Å²) in [6.07, 6.45) is 0. The van der Waals surface area contributed by atoms with Gasteiger partial charge >= 0.3 is 0 Å². The molecule has 5 heterocycles. The van der Waals surface area contributed by atoms with E-state index in [1.807, 2.05) is 0 Å². The number of benzene rings is 11. The molecular formula is C67H38N4OS. The van der Waals surface area contributed by atoms with Gasteiger partial charge in [0.2, 0.25) is 0 Å². The summed E-state index contributed by atoms with van der Waals surface area (Å²) >= 11 is 1.80. The Morgan fingerprint density at radius 1 is 0.329 bits per heavy atom. The van der Waals surface area contributed by atoms with Gasteiger partial charge in [-0.2, -0.15) is 0 Å². The molecule has 5 aromatic heterocycles. The van der Waals surface area contributed by atoms with E-state index in [0.717, 1.165) is 66.4 Å². The molecule has 0 radical (unpaired) electrons. The van der Waals surface area contributed by atoms with Crippen LogP contribution in [0.3, 0.4) is 0 Å². The number of furan rings is 1. The van der Waals surface area contributed by atoms with E-state index in [2.05, 4.69) is 235 Å². The Balaban J connectivity index is 0.880. The second kappa shape index (κ2) is 15.5. The molecule has 0 amide bonds. The van der Waals surface area contributed by atoms with E-state index in [4.69, 9.17) is 19.4 Å². The van der Waals surface area contributed by atoms with Gasteiger partial charge in [-0.15, -0.1) is 11.3 Å². The van der Waals surface area contributed by atoms with Crippen molar-refractivity contribution in [3.8, 4) is 67.5 Å². The summed E-state index contributed by atoms with van der Waals surface area (Å²) in [5, 5.41) is 12.0. The van der Waals surface area contributed by atoms with E-state index >= 15 is 0 Å². The van der Waals surface area contributed by atoms with Crippen LogP contribution in [0, 0.1) is 0 Å². The minimum absolute atomic E-state index is 0.606. The highest BCUT2D eigenvalue weighted by Crippen LogP contribution is 2.48. The molecule has 338 valence electrons. The van der Waals surface area contributed by atoms with E-state index in [1.165, 1.54) is 74.6 Å². The van der Waals surface area contributed by atoms with Crippen molar-refractivity contribution >= 4 is 102 Å². The smallest absolute Gasteiger partial charge is 0.164 e. The lowest BCUT2D eigenvalue weighted by Gasteiger charge is -2.13. The van der Waals surface area contributed by atoms with E-state index in [-0.39, 0.29) is 0 Å². The van der Waals surface area contributed by atoms with Gasteiger partial charge in [0.25, 0.3) is 0 Å². The first-order chi connectivity index (χ1) is 36.2. The summed E-state index contributed by atoms with van der Waals surface area (Å²) in [6.45, 7) is 0. The molecule has 0 fully saturated rings. The molecular weight excluding hydrogens is 909 g/mol. The van der Waals surface area contributed by atoms with Crippen LogP contribution < -0.4 is 0 Å². The average Bonchev–Trinajstić information content (AvgIpc) is 4.12. The van der Waals surface area contributed by atoms with Crippen molar-refractivity contribution in [2.75, 3.05) is 0 Å². The predicted molar refractivity (Wildman–Crippen MR) is 305 cm³/mol. The molecule has 0 saturated carbocycles. The fourth-order valence-electron chi connectivity index (χ4n) is 11.7. The normalized spacial score (nSPS) is 12.1. The SMILES string of the molecule is c1cc(-c2ccccc2-c2nc(-c3ccc(-c4cccc5ccccc45)cc3)nc(-c3ccc4c(c3)sc3ccccc34)n2)cc(-c2cc3c4ccccc4n4c5ccccc5c5cccc6oc2c(c65)c34)c1. The number of nitrogens with zero attached hydrogens (tertiary/aromatic N) is 4. The third kappa shape index (κ3) is 6.05. The maximum absolute atomic E-state index is 7.03. The summed E-state index contributed by atoms with van der Waals surface area (Å²) in [4.78, 5) is 16.0. The van der Waals surface area contributed by atoms with Gasteiger partial charge in [-0.1, -0.05) is 188 Å². The van der Waals surface area contributed by atoms with Crippen LogP contribution in [0.15, 0.2) is 235 Å². The van der Waals surface area contributed by atoms with E-state index in [1.54, 1.807) is 11.3 Å². The van der Waals surface area contributed by atoms with Crippen molar-refractivity contribution in [3.63, 3.8) is 0 Å². The second-order valence-electron chi connectivity index (χ2n) is 19.0. The number of thiophene rings is 1. The first kappa shape index (κ1) is 40.3. The first-order valence-corrected chi connectivity index (χ1v) is 25.5. The van der Waals surface area contributed by atoms with Crippen LogP contribution in [-0.2, 0) is 0 Å². The lowest BCUT2D eigenvalue weighted by atomic mass is 9.93. The molecule has 73 heavy (non-hydrogen) atoms. The molecule has 16 aromatic rings. The molecule has 11 aromatic carbocycles. The predicted octanol–water partition coefficient (Wildman–Crippen LogP) is 18.4. The number of hydrogen-bond acceptors (Lipinski definition) is 5. The van der Waals surface area contributed by atoms with Gasteiger partial charge in [-0.05, 0) is 86.4 Å². The Morgan fingerprint density at radius 2 is 0.904 bits per heavy atom. The van der Waals surface area contributed by atoms with Crippen LogP contribution in [-0.4, -0.2) is 19.4 Å². The van der Waals surface area contributed by atoms with E-state index in [9.17, 15) is 0 Å². The van der Waals surface area contributed by atoms with Gasteiger partial charge in [0.1, 0.15) is 11.2 Å². The molecule has 16 rings (SSSR count). The molecule has 0 saturated heterocycles. The molecule has 0 bridgehead atoms. The van der Waals surface area contributed by atoms with Crippen LogP contribution in [0.25, 0.3) is 159 Å². The molecule has 0 aliphatic heterocycles. The van der Waals surface area contributed by atoms with Crippen molar-refractivity contribution < 1.29 is 4.42 Å². The van der Waals surface area contributed by atoms with Crippen LogP contribution in [0.5, 0.6) is 0 Å². The highest BCUT2D eigenvalue weighted by Gasteiger charge is 2.25. The molecule has 5 nitrogen and oxygen atoms in total. The van der Waals surface area contributed by atoms with Gasteiger partial charge in [-0.25, -0.2) is 15.0 Å². The highest BCUT2D eigenvalue weighted by atomic mass is 32.1. The fraction of sp³-hybridized carbons (Fsp3) is 0.